The fraction of sp³-hybridized carbons (Fsp3) is 0.562. The molecule has 1 aliphatic rings. The normalized spacial score (nSPS) is 16.1. The Balaban J connectivity index is 2.07. The Morgan fingerprint density at radius 3 is 2.36 bits per heavy atom. The first kappa shape index (κ1) is 16.8. The van der Waals surface area contributed by atoms with Gasteiger partial charge in [0.15, 0.2) is 0 Å². The van der Waals surface area contributed by atoms with Crippen LogP contribution >= 0.6 is 0 Å². The summed E-state index contributed by atoms with van der Waals surface area (Å²) in [5.74, 6) is 0.711. The van der Waals surface area contributed by atoms with Crippen LogP contribution in [0.25, 0.3) is 0 Å². The summed E-state index contributed by atoms with van der Waals surface area (Å²) in [5, 5.41) is 0. The van der Waals surface area contributed by atoms with E-state index < -0.39 is 10.1 Å². The highest BCUT2D eigenvalue weighted by Gasteiger charge is 2.34. The standard InChI is InChI=1S/C16H23NO4S/c1-4-12(2)17(16(18)14-7-8-14)11-13-5-9-15(10-6-13)21-22(3,19)20/h5-6,9-10,12,14H,4,7-8,11H2,1-3H3. The van der Waals surface area contributed by atoms with Crippen molar-refractivity contribution >= 4 is 16.0 Å². The van der Waals surface area contributed by atoms with Crippen molar-refractivity contribution in [2.24, 2.45) is 5.92 Å². The second-order valence-electron chi connectivity index (χ2n) is 5.93. The maximum absolute atomic E-state index is 12.4. The Bertz CT molecular complexity index is 620. The fourth-order valence-electron chi connectivity index (χ4n) is 2.26. The van der Waals surface area contributed by atoms with Gasteiger partial charge >= 0.3 is 10.1 Å². The molecular formula is C16H23NO4S. The van der Waals surface area contributed by atoms with E-state index in [-0.39, 0.29) is 23.6 Å². The minimum atomic E-state index is -3.51. The lowest BCUT2D eigenvalue weighted by Gasteiger charge is -2.29. The van der Waals surface area contributed by atoms with Gasteiger partial charge in [-0.25, -0.2) is 0 Å². The summed E-state index contributed by atoms with van der Waals surface area (Å²) in [6.07, 6.45) is 3.91. The van der Waals surface area contributed by atoms with Crippen LogP contribution in [0.3, 0.4) is 0 Å². The van der Waals surface area contributed by atoms with E-state index in [1.165, 1.54) is 0 Å². The minimum Gasteiger partial charge on any atom is -0.383 e. The van der Waals surface area contributed by atoms with Gasteiger partial charge in [0.2, 0.25) is 5.91 Å². The second kappa shape index (κ2) is 6.69. The van der Waals surface area contributed by atoms with Gasteiger partial charge in [-0.15, -0.1) is 0 Å². The van der Waals surface area contributed by atoms with Gasteiger partial charge in [0.05, 0.1) is 6.26 Å². The molecular weight excluding hydrogens is 302 g/mol. The maximum atomic E-state index is 12.4. The molecule has 1 aromatic carbocycles. The molecule has 1 atom stereocenters. The summed E-state index contributed by atoms with van der Waals surface area (Å²) >= 11 is 0. The molecule has 0 aliphatic heterocycles. The Labute approximate surface area is 132 Å². The smallest absolute Gasteiger partial charge is 0.306 e. The lowest BCUT2D eigenvalue weighted by molar-refractivity contribution is -0.135. The van der Waals surface area contributed by atoms with Crippen molar-refractivity contribution in [1.82, 2.24) is 4.90 Å². The zero-order chi connectivity index (χ0) is 16.3. The highest BCUT2D eigenvalue weighted by atomic mass is 32.2. The van der Waals surface area contributed by atoms with Crippen LogP contribution in [0.1, 0.15) is 38.7 Å². The maximum Gasteiger partial charge on any atom is 0.306 e. The number of carbonyl (C=O) groups is 1. The molecule has 1 aliphatic carbocycles. The molecule has 0 saturated heterocycles. The van der Waals surface area contributed by atoms with Crippen LogP contribution in [0.2, 0.25) is 0 Å². The van der Waals surface area contributed by atoms with Crippen molar-refractivity contribution in [2.75, 3.05) is 6.26 Å². The molecule has 1 amide bonds. The lowest BCUT2D eigenvalue weighted by Crippen LogP contribution is -2.38. The molecule has 5 nitrogen and oxygen atoms in total. The number of amides is 1. The topological polar surface area (TPSA) is 63.7 Å². The van der Waals surface area contributed by atoms with Crippen LogP contribution in [0.4, 0.5) is 0 Å². The number of rotatable bonds is 7. The van der Waals surface area contributed by atoms with E-state index in [4.69, 9.17) is 4.18 Å². The summed E-state index contributed by atoms with van der Waals surface area (Å²) in [7, 11) is -3.51. The Kier molecular flexibility index (Phi) is 5.11. The van der Waals surface area contributed by atoms with Crippen molar-refractivity contribution in [3.8, 4) is 5.75 Å². The zero-order valence-corrected chi connectivity index (χ0v) is 14.1. The number of nitrogens with zero attached hydrogens (tertiary/aromatic N) is 1. The average molecular weight is 325 g/mol. The molecule has 2 rings (SSSR count). The molecule has 0 N–H and O–H groups in total. The number of hydrogen-bond donors (Lipinski definition) is 0. The Morgan fingerprint density at radius 1 is 1.32 bits per heavy atom. The Morgan fingerprint density at radius 2 is 1.91 bits per heavy atom. The third kappa shape index (κ3) is 4.73. The molecule has 0 spiro atoms. The summed E-state index contributed by atoms with van der Waals surface area (Å²) in [5.41, 5.74) is 0.968. The highest BCUT2D eigenvalue weighted by molar-refractivity contribution is 7.86. The molecule has 0 bridgehead atoms. The molecule has 0 heterocycles. The number of carbonyl (C=O) groups excluding carboxylic acids is 1. The SMILES string of the molecule is CCC(C)N(Cc1ccc(OS(C)(=O)=O)cc1)C(=O)C1CC1. The van der Waals surface area contributed by atoms with Crippen molar-refractivity contribution in [1.29, 1.82) is 0 Å². The molecule has 1 aromatic rings. The summed E-state index contributed by atoms with van der Waals surface area (Å²) in [4.78, 5) is 14.3. The van der Waals surface area contributed by atoms with E-state index >= 15 is 0 Å². The molecule has 1 fully saturated rings. The van der Waals surface area contributed by atoms with Gasteiger partial charge in [0.25, 0.3) is 0 Å². The molecule has 0 aromatic heterocycles. The van der Waals surface area contributed by atoms with Crippen LogP contribution in [0.15, 0.2) is 24.3 Å². The molecule has 1 saturated carbocycles. The van der Waals surface area contributed by atoms with Gasteiger partial charge < -0.3 is 9.08 Å². The lowest BCUT2D eigenvalue weighted by atomic mass is 10.1. The van der Waals surface area contributed by atoms with E-state index in [1.807, 2.05) is 4.90 Å². The van der Waals surface area contributed by atoms with Gasteiger partial charge in [-0.1, -0.05) is 19.1 Å². The second-order valence-corrected chi connectivity index (χ2v) is 7.50. The fourth-order valence-corrected chi connectivity index (χ4v) is 2.72. The first-order valence-electron chi connectivity index (χ1n) is 7.59. The first-order valence-corrected chi connectivity index (χ1v) is 9.40. The summed E-state index contributed by atoms with van der Waals surface area (Å²) in [6, 6.07) is 7.03. The molecule has 122 valence electrons. The molecule has 22 heavy (non-hydrogen) atoms. The van der Waals surface area contributed by atoms with Crippen LogP contribution in [0, 0.1) is 5.92 Å². The van der Waals surface area contributed by atoms with Crippen molar-refractivity contribution in [2.45, 2.75) is 45.7 Å². The van der Waals surface area contributed by atoms with Crippen molar-refractivity contribution in [3.05, 3.63) is 29.8 Å². The molecule has 0 radical (unpaired) electrons. The van der Waals surface area contributed by atoms with E-state index in [2.05, 4.69) is 13.8 Å². The molecule has 1 unspecified atom stereocenters. The van der Waals surface area contributed by atoms with Gasteiger partial charge in [-0.2, -0.15) is 8.42 Å². The largest absolute Gasteiger partial charge is 0.383 e. The summed E-state index contributed by atoms with van der Waals surface area (Å²) < 4.78 is 27.0. The summed E-state index contributed by atoms with van der Waals surface area (Å²) in [6.45, 7) is 4.67. The zero-order valence-electron chi connectivity index (χ0n) is 13.3. The van der Waals surface area contributed by atoms with Crippen molar-refractivity contribution in [3.63, 3.8) is 0 Å². The predicted molar refractivity (Wildman–Crippen MR) is 84.9 cm³/mol. The highest BCUT2D eigenvalue weighted by Crippen LogP contribution is 2.32. The molecule has 6 heteroatoms. The van der Waals surface area contributed by atoms with E-state index in [1.54, 1.807) is 24.3 Å². The minimum absolute atomic E-state index is 0.194. The quantitative estimate of drug-likeness (QED) is 0.723. The predicted octanol–water partition coefficient (Wildman–Crippen LogP) is 2.56. The van der Waals surface area contributed by atoms with Crippen LogP contribution < -0.4 is 4.18 Å². The van der Waals surface area contributed by atoms with Crippen LogP contribution in [-0.4, -0.2) is 31.5 Å². The van der Waals surface area contributed by atoms with Gasteiger partial charge in [-0.3, -0.25) is 4.79 Å². The average Bonchev–Trinajstić information content (AvgIpc) is 3.28. The Hall–Kier alpha value is -1.56. The van der Waals surface area contributed by atoms with Gasteiger partial charge in [0, 0.05) is 18.5 Å². The van der Waals surface area contributed by atoms with Gasteiger partial charge in [-0.05, 0) is 43.9 Å². The third-order valence-electron chi connectivity index (χ3n) is 3.86. The number of hydrogen-bond acceptors (Lipinski definition) is 4. The van der Waals surface area contributed by atoms with Crippen LogP contribution in [-0.2, 0) is 21.5 Å². The van der Waals surface area contributed by atoms with E-state index in [0.29, 0.717) is 6.54 Å². The van der Waals surface area contributed by atoms with Gasteiger partial charge in [0.1, 0.15) is 5.75 Å². The van der Waals surface area contributed by atoms with Crippen LogP contribution in [0.5, 0.6) is 5.75 Å². The monoisotopic (exact) mass is 325 g/mol. The number of benzene rings is 1. The van der Waals surface area contributed by atoms with E-state index in [9.17, 15) is 13.2 Å². The van der Waals surface area contributed by atoms with Crippen molar-refractivity contribution < 1.29 is 17.4 Å². The first-order chi connectivity index (χ1) is 10.3. The third-order valence-corrected chi connectivity index (χ3v) is 4.35. The van der Waals surface area contributed by atoms with E-state index in [0.717, 1.165) is 31.1 Å².